The molecule has 0 radical (unpaired) electrons. The number of hydrogen-bond donors (Lipinski definition) is 1. The smallest absolute Gasteiger partial charge is 0.258 e. The van der Waals surface area contributed by atoms with Gasteiger partial charge in [0, 0.05) is 24.7 Å². The molecule has 1 N–H and O–H groups in total. The lowest BCUT2D eigenvalue weighted by molar-refractivity contribution is -0.123. The average Bonchev–Trinajstić information content (AvgIpc) is 3.04. The van der Waals surface area contributed by atoms with Crippen molar-refractivity contribution in [3.05, 3.63) is 29.8 Å². The van der Waals surface area contributed by atoms with Gasteiger partial charge in [-0.25, -0.2) is 0 Å². The summed E-state index contributed by atoms with van der Waals surface area (Å²) in [5.41, 5.74) is 1.32. The topological polar surface area (TPSA) is 47.6 Å². The van der Waals surface area contributed by atoms with Gasteiger partial charge >= 0.3 is 0 Å². The van der Waals surface area contributed by atoms with Gasteiger partial charge in [-0.3, -0.25) is 4.79 Å². The van der Waals surface area contributed by atoms with Crippen LogP contribution in [0.3, 0.4) is 0 Å². The standard InChI is InChI=1S/C15H21NO3S2/c1-2-18-8-7-16-14(17)11-19-13-5-3-12(4-6-13)15-20-9-10-21-15/h3-6,15H,2,7-11H2,1H3,(H,16,17). The first-order valence-electron chi connectivity index (χ1n) is 7.10. The zero-order chi connectivity index (χ0) is 14.9. The number of amides is 1. The minimum Gasteiger partial charge on any atom is -0.484 e. The number of carbonyl (C=O) groups excluding carboxylic acids is 1. The van der Waals surface area contributed by atoms with E-state index in [-0.39, 0.29) is 12.5 Å². The largest absolute Gasteiger partial charge is 0.484 e. The summed E-state index contributed by atoms with van der Waals surface area (Å²) in [5, 5.41) is 2.75. The molecule has 2 rings (SSSR count). The van der Waals surface area contributed by atoms with Crippen LogP contribution in [0, 0.1) is 0 Å². The number of thioether (sulfide) groups is 2. The van der Waals surface area contributed by atoms with Crippen molar-refractivity contribution in [2.75, 3.05) is 37.9 Å². The lowest BCUT2D eigenvalue weighted by atomic mass is 10.2. The third-order valence-corrected chi connectivity index (χ3v) is 6.02. The molecule has 1 heterocycles. The number of nitrogens with one attached hydrogen (secondary N) is 1. The minimum atomic E-state index is -0.124. The van der Waals surface area contributed by atoms with Gasteiger partial charge in [0.05, 0.1) is 11.2 Å². The Bertz CT molecular complexity index is 433. The van der Waals surface area contributed by atoms with Crippen molar-refractivity contribution >= 4 is 29.4 Å². The van der Waals surface area contributed by atoms with Crippen molar-refractivity contribution < 1.29 is 14.3 Å². The van der Waals surface area contributed by atoms with Crippen LogP contribution in [0.4, 0.5) is 0 Å². The Morgan fingerprint density at radius 2 is 2.00 bits per heavy atom. The van der Waals surface area contributed by atoms with E-state index in [1.54, 1.807) is 0 Å². The highest BCUT2D eigenvalue weighted by Gasteiger charge is 2.17. The molecule has 1 fully saturated rings. The van der Waals surface area contributed by atoms with Gasteiger partial charge in [-0.05, 0) is 24.6 Å². The molecule has 1 aliphatic heterocycles. The van der Waals surface area contributed by atoms with E-state index < -0.39 is 0 Å². The third kappa shape index (κ3) is 5.80. The van der Waals surface area contributed by atoms with E-state index in [1.807, 2.05) is 42.6 Å². The Labute approximate surface area is 134 Å². The Morgan fingerprint density at radius 3 is 2.67 bits per heavy atom. The summed E-state index contributed by atoms with van der Waals surface area (Å²) in [4.78, 5) is 11.6. The van der Waals surface area contributed by atoms with Gasteiger partial charge in [-0.1, -0.05) is 12.1 Å². The first-order chi connectivity index (χ1) is 10.3. The van der Waals surface area contributed by atoms with Crippen LogP contribution in [0.2, 0.25) is 0 Å². The van der Waals surface area contributed by atoms with Crippen molar-refractivity contribution in [3.8, 4) is 5.75 Å². The van der Waals surface area contributed by atoms with Gasteiger partial charge in [0.15, 0.2) is 6.61 Å². The van der Waals surface area contributed by atoms with Gasteiger partial charge in [-0.2, -0.15) is 0 Å². The first kappa shape index (κ1) is 16.5. The summed E-state index contributed by atoms with van der Waals surface area (Å²) >= 11 is 3.96. The van der Waals surface area contributed by atoms with E-state index in [0.29, 0.717) is 24.3 Å². The van der Waals surface area contributed by atoms with E-state index >= 15 is 0 Å². The maximum Gasteiger partial charge on any atom is 0.258 e. The molecule has 0 atom stereocenters. The molecule has 0 aliphatic carbocycles. The summed E-state index contributed by atoms with van der Waals surface area (Å²) < 4.78 is 11.2. The van der Waals surface area contributed by atoms with Crippen LogP contribution in [-0.4, -0.2) is 43.8 Å². The second-order valence-corrected chi connectivity index (χ2v) is 7.20. The zero-order valence-corrected chi connectivity index (χ0v) is 13.8. The number of carbonyl (C=O) groups is 1. The van der Waals surface area contributed by atoms with Gasteiger partial charge in [0.25, 0.3) is 5.91 Å². The van der Waals surface area contributed by atoms with Gasteiger partial charge in [-0.15, -0.1) is 23.5 Å². The fourth-order valence-corrected chi connectivity index (χ4v) is 4.74. The number of rotatable bonds is 8. The van der Waals surface area contributed by atoms with Crippen LogP contribution in [0.25, 0.3) is 0 Å². The van der Waals surface area contributed by atoms with Crippen LogP contribution in [-0.2, 0) is 9.53 Å². The van der Waals surface area contributed by atoms with E-state index in [0.717, 1.165) is 5.75 Å². The molecule has 1 saturated heterocycles. The average molecular weight is 327 g/mol. The van der Waals surface area contributed by atoms with Gasteiger partial charge in [0.1, 0.15) is 5.75 Å². The molecule has 0 unspecified atom stereocenters. The summed E-state index contributed by atoms with van der Waals surface area (Å²) in [7, 11) is 0. The van der Waals surface area contributed by atoms with E-state index in [9.17, 15) is 4.79 Å². The molecule has 0 aromatic heterocycles. The first-order valence-corrected chi connectivity index (χ1v) is 9.19. The van der Waals surface area contributed by atoms with Crippen LogP contribution in [0.1, 0.15) is 17.1 Å². The molecule has 116 valence electrons. The summed E-state index contributed by atoms with van der Waals surface area (Å²) in [5.74, 6) is 3.04. The molecule has 0 saturated carbocycles. The SMILES string of the molecule is CCOCCNC(=O)COc1ccc(C2SCCS2)cc1. The second-order valence-electron chi connectivity index (χ2n) is 4.48. The highest BCUT2D eigenvalue weighted by atomic mass is 32.2. The predicted molar refractivity (Wildman–Crippen MR) is 89.1 cm³/mol. The predicted octanol–water partition coefficient (Wildman–Crippen LogP) is 2.70. The molecule has 21 heavy (non-hydrogen) atoms. The molecular formula is C15H21NO3S2. The molecule has 1 aromatic carbocycles. The molecule has 0 spiro atoms. The molecule has 1 aromatic rings. The molecular weight excluding hydrogens is 306 g/mol. The van der Waals surface area contributed by atoms with E-state index in [1.165, 1.54) is 17.1 Å². The van der Waals surface area contributed by atoms with Crippen LogP contribution < -0.4 is 10.1 Å². The monoisotopic (exact) mass is 327 g/mol. The van der Waals surface area contributed by atoms with Crippen molar-refractivity contribution in [2.45, 2.75) is 11.5 Å². The zero-order valence-electron chi connectivity index (χ0n) is 12.2. The summed E-state index contributed by atoms with van der Waals surface area (Å²) in [6, 6.07) is 8.03. The third-order valence-electron chi connectivity index (χ3n) is 2.92. The second kappa shape index (κ2) is 9.23. The van der Waals surface area contributed by atoms with Crippen LogP contribution in [0.5, 0.6) is 5.75 Å². The van der Waals surface area contributed by atoms with Gasteiger partial charge in [0.2, 0.25) is 0 Å². The van der Waals surface area contributed by atoms with Crippen molar-refractivity contribution in [1.29, 1.82) is 0 Å². The summed E-state index contributed by atoms with van der Waals surface area (Å²) in [6.45, 7) is 3.69. The van der Waals surface area contributed by atoms with E-state index in [2.05, 4.69) is 17.4 Å². The minimum absolute atomic E-state index is 0.0401. The normalized spacial score (nSPS) is 15.1. The molecule has 0 bridgehead atoms. The van der Waals surface area contributed by atoms with Crippen LogP contribution >= 0.6 is 23.5 Å². The highest BCUT2D eigenvalue weighted by molar-refractivity contribution is 8.19. The quantitative estimate of drug-likeness (QED) is 0.744. The Morgan fingerprint density at radius 1 is 1.29 bits per heavy atom. The van der Waals surface area contributed by atoms with E-state index in [4.69, 9.17) is 9.47 Å². The van der Waals surface area contributed by atoms with Crippen molar-refractivity contribution in [1.82, 2.24) is 5.32 Å². The van der Waals surface area contributed by atoms with Crippen molar-refractivity contribution in [2.24, 2.45) is 0 Å². The van der Waals surface area contributed by atoms with Gasteiger partial charge < -0.3 is 14.8 Å². The Hall–Kier alpha value is -0.850. The number of benzene rings is 1. The lowest BCUT2D eigenvalue weighted by Gasteiger charge is -2.10. The maximum absolute atomic E-state index is 11.6. The Balaban J connectivity index is 1.69. The lowest BCUT2D eigenvalue weighted by Crippen LogP contribution is -2.31. The van der Waals surface area contributed by atoms with Crippen molar-refractivity contribution in [3.63, 3.8) is 0 Å². The Kier molecular flexibility index (Phi) is 7.26. The maximum atomic E-state index is 11.6. The fraction of sp³-hybridized carbons (Fsp3) is 0.533. The van der Waals surface area contributed by atoms with Crippen LogP contribution in [0.15, 0.2) is 24.3 Å². The number of ether oxygens (including phenoxy) is 2. The molecule has 1 amide bonds. The number of hydrogen-bond acceptors (Lipinski definition) is 5. The molecule has 6 heteroatoms. The summed E-state index contributed by atoms with van der Waals surface area (Å²) in [6.07, 6.45) is 0. The molecule has 4 nitrogen and oxygen atoms in total. The fourth-order valence-electron chi connectivity index (χ4n) is 1.88. The molecule has 1 aliphatic rings. The highest BCUT2D eigenvalue weighted by Crippen LogP contribution is 2.45.